The van der Waals surface area contributed by atoms with Gasteiger partial charge in [0.05, 0.1) is 0 Å². The average Bonchev–Trinajstić information content (AvgIpc) is 2.69. The van der Waals surface area contributed by atoms with E-state index < -0.39 is 32.4 Å². The molecule has 2 aromatic carbocycles. The van der Waals surface area contributed by atoms with E-state index in [1.54, 1.807) is 0 Å². The van der Waals surface area contributed by atoms with Crippen LogP contribution in [0.4, 0.5) is 0 Å². The molecule has 0 saturated carbocycles. The van der Waals surface area contributed by atoms with Crippen molar-refractivity contribution in [2.45, 2.75) is 105 Å². The summed E-state index contributed by atoms with van der Waals surface area (Å²) in [5, 5.41) is 0. The summed E-state index contributed by atoms with van der Waals surface area (Å²) in [6.07, 6.45) is 0. The molecule has 216 valence electrons. The fraction of sp³-hybridized carbons (Fsp3) is 0.571. The van der Waals surface area contributed by atoms with Gasteiger partial charge in [0.15, 0.2) is 0 Å². The van der Waals surface area contributed by atoms with Crippen molar-refractivity contribution in [3.63, 3.8) is 0 Å². The van der Waals surface area contributed by atoms with E-state index in [2.05, 4.69) is 0 Å². The average molecular weight is 595 g/mol. The first-order chi connectivity index (χ1) is 16.9. The van der Waals surface area contributed by atoms with E-state index in [1.807, 2.05) is 100 Å². The molecule has 0 unspecified atom stereocenters. The first-order valence-electron chi connectivity index (χ1n) is 12.8. The second kappa shape index (κ2) is 12.7. The van der Waals surface area contributed by atoms with E-state index in [0.29, 0.717) is 22.3 Å². The van der Waals surface area contributed by atoms with Crippen LogP contribution < -0.4 is 9.05 Å². The Hall–Kier alpha value is -0.660. The molecule has 39 heavy (non-hydrogen) atoms. The van der Waals surface area contributed by atoms with E-state index >= 15 is 0 Å². The summed E-state index contributed by atoms with van der Waals surface area (Å²) in [7, 11) is -9.89. The van der Waals surface area contributed by atoms with Crippen LogP contribution in [-0.2, 0) is 20.0 Å². The van der Waals surface area contributed by atoms with E-state index in [4.69, 9.17) is 9.05 Å². The van der Waals surface area contributed by atoms with Gasteiger partial charge >= 0.3 is 45.2 Å². The molecule has 0 bridgehead atoms. The fourth-order valence-electron chi connectivity index (χ4n) is 4.38. The van der Waals surface area contributed by atoms with Crippen molar-refractivity contribution >= 4 is 45.2 Å². The molecule has 0 amide bonds. The molecule has 11 heteroatoms. The van der Waals surface area contributed by atoms with Crippen LogP contribution in [0.3, 0.4) is 0 Å². The van der Waals surface area contributed by atoms with Crippen LogP contribution in [-0.4, -0.2) is 49.1 Å². The zero-order valence-electron chi connectivity index (χ0n) is 24.4. The molecule has 0 heterocycles. The monoisotopic (exact) mass is 594 g/mol. The number of phosphoric ester groups is 2. The minimum absolute atomic E-state index is 0. The van der Waals surface area contributed by atoms with Gasteiger partial charge in [0.1, 0.15) is 11.5 Å². The van der Waals surface area contributed by atoms with Crippen molar-refractivity contribution in [1.29, 1.82) is 0 Å². The van der Waals surface area contributed by atoms with Crippen LogP contribution in [0.1, 0.15) is 127 Å². The van der Waals surface area contributed by atoms with Crippen molar-refractivity contribution < 1.29 is 37.8 Å². The summed E-state index contributed by atoms with van der Waals surface area (Å²) < 4.78 is 35.0. The normalized spacial score (nSPS) is 13.2. The van der Waals surface area contributed by atoms with Gasteiger partial charge in [-0.15, -0.1) is 0 Å². The third kappa shape index (κ3) is 9.70. The molecule has 2 rings (SSSR count). The van der Waals surface area contributed by atoms with E-state index in [-0.39, 0.29) is 52.9 Å². The maximum absolute atomic E-state index is 12.1. The number of hydrogen-bond donors (Lipinski definition) is 4. The van der Waals surface area contributed by atoms with E-state index in [9.17, 15) is 28.7 Å². The zero-order chi connectivity index (χ0) is 29.6. The SMILES string of the molecule is CC(C)c1cc(C(C)c2cc(C(C)C)cc(C(C)(C)C)c2OP(=O)(O)O)c(OP(=O)(O)O)c(C(C)(C)C)c1.[NaH]. The first kappa shape index (κ1) is 36.4. The molecular formula is C28H45NaO8P2. The minimum atomic E-state index is -4.94. The van der Waals surface area contributed by atoms with Crippen molar-refractivity contribution in [1.82, 2.24) is 0 Å². The van der Waals surface area contributed by atoms with Crippen molar-refractivity contribution in [3.8, 4) is 11.5 Å². The molecule has 0 atom stereocenters. The van der Waals surface area contributed by atoms with Crippen molar-refractivity contribution in [2.75, 3.05) is 0 Å². The third-order valence-electron chi connectivity index (χ3n) is 6.58. The molecule has 4 N–H and O–H groups in total. The molecule has 0 aliphatic carbocycles. The number of rotatable bonds is 8. The molecule has 0 radical (unpaired) electrons. The van der Waals surface area contributed by atoms with Crippen LogP contribution in [0.25, 0.3) is 0 Å². The number of benzene rings is 2. The second-order valence-corrected chi connectivity index (χ2v) is 15.0. The third-order valence-corrected chi connectivity index (χ3v) is 7.42. The van der Waals surface area contributed by atoms with Gasteiger partial charge in [-0.05, 0) is 33.8 Å². The predicted octanol–water partition coefficient (Wildman–Crippen LogP) is 6.97. The van der Waals surface area contributed by atoms with Crippen LogP contribution >= 0.6 is 15.6 Å². The van der Waals surface area contributed by atoms with Gasteiger partial charge in [-0.3, -0.25) is 19.6 Å². The Balaban J connectivity index is 0.00000760. The van der Waals surface area contributed by atoms with Crippen molar-refractivity contribution in [3.05, 3.63) is 57.6 Å². The predicted molar refractivity (Wildman–Crippen MR) is 158 cm³/mol. The fourth-order valence-corrected chi connectivity index (χ4v) is 5.27. The standard InChI is InChI=1S/C28H44O8P2.Na.H/c1-16(2)19-12-21(25(35-37(29,30)31)23(14-19)27(6,7)8)18(5)22-13-20(17(3)4)15-24(28(9,10)11)26(22)36-38(32,33)34;;/h12-18H,1-11H3,(H2,29,30,31)(H2,32,33,34);;. The molecule has 0 aliphatic rings. The Morgan fingerprint density at radius 3 is 1.10 bits per heavy atom. The number of phosphoric acid groups is 2. The molecule has 0 aliphatic heterocycles. The zero-order valence-corrected chi connectivity index (χ0v) is 26.1. The van der Waals surface area contributed by atoms with Crippen LogP contribution in [0.5, 0.6) is 11.5 Å². The summed E-state index contributed by atoms with van der Waals surface area (Å²) in [5.41, 5.74) is 3.11. The first-order valence-corrected chi connectivity index (χ1v) is 15.8. The summed E-state index contributed by atoms with van der Waals surface area (Å²) >= 11 is 0. The van der Waals surface area contributed by atoms with E-state index in [1.165, 1.54) is 0 Å². The van der Waals surface area contributed by atoms with E-state index in [0.717, 1.165) is 11.1 Å². The molecule has 0 spiro atoms. The van der Waals surface area contributed by atoms with Gasteiger partial charge in [-0.25, -0.2) is 9.13 Å². The van der Waals surface area contributed by atoms with Gasteiger partial charge in [0, 0.05) is 28.2 Å². The molecule has 2 aromatic rings. The van der Waals surface area contributed by atoms with Gasteiger partial charge in [0.2, 0.25) is 0 Å². The Bertz CT molecular complexity index is 1170. The summed E-state index contributed by atoms with van der Waals surface area (Å²) in [4.78, 5) is 39.4. The quantitative estimate of drug-likeness (QED) is 0.190. The Morgan fingerprint density at radius 2 is 0.897 bits per heavy atom. The van der Waals surface area contributed by atoms with Gasteiger partial charge in [-0.2, -0.15) is 0 Å². The topological polar surface area (TPSA) is 134 Å². The number of hydrogen-bond acceptors (Lipinski definition) is 4. The second-order valence-electron chi connectivity index (χ2n) is 12.7. The summed E-state index contributed by atoms with van der Waals surface area (Å²) in [5.74, 6) is -0.264. The van der Waals surface area contributed by atoms with Gasteiger partial charge in [-0.1, -0.05) is 100 Å². The van der Waals surface area contributed by atoms with Gasteiger partial charge in [0.25, 0.3) is 0 Å². The molecule has 0 aromatic heterocycles. The van der Waals surface area contributed by atoms with Gasteiger partial charge < -0.3 is 9.05 Å². The van der Waals surface area contributed by atoms with Crippen LogP contribution in [0.2, 0.25) is 0 Å². The Labute approximate surface area is 255 Å². The van der Waals surface area contributed by atoms with Crippen LogP contribution in [0.15, 0.2) is 24.3 Å². The summed E-state index contributed by atoms with van der Waals surface area (Å²) in [6, 6.07) is 7.53. The van der Waals surface area contributed by atoms with Crippen LogP contribution in [0, 0.1) is 0 Å². The molecule has 8 nitrogen and oxygen atoms in total. The molecule has 0 fully saturated rings. The molecule has 0 saturated heterocycles. The Morgan fingerprint density at radius 1 is 0.615 bits per heavy atom. The maximum atomic E-state index is 12.1. The molecular weight excluding hydrogens is 549 g/mol. The summed E-state index contributed by atoms with van der Waals surface area (Å²) in [6.45, 7) is 21.6. The van der Waals surface area contributed by atoms with Crippen molar-refractivity contribution in [2.24, 2.45) is 0 Å². The Kier molecular flexibility index (Phi) is 11.8.